The molecule has 0 unspecified atom stereocenters. The lowest BCUT2D eigenvalue weighted by atomic mass is 10.1. The van der Waals surface area contributed by atoms with Gasteiger partial charge in [-0.2, -0.15) is 0 Å². The van der Waals surface area contributed by atoms with Crippen LogP contribution >= 0.6 is 15.9 Å². The third-order valence-corrected chi connectivity index (χ3v) is 2.32. The van der Waals surface area contributed by atoms with E-state index in [1.165, 1.54) is 0 Å². The molecule has 0 amide bonds. The van der Waals surface area contributed by atoms with Crippen LogP contribution in [0.1, 0.15) is 26.3 Å². The summed E-state index contributed by atoms with van der Waals surface area (Å²) >= 11 is 3.42. The van der Waals surface area contributed by atoms with Crippen LogP contribution in [0.5, 0.6) is 0 Å². The zero-order valence-corrected chi connectivity index (χ0v) is 10.3. The summed E-state index contributed by atoms with van der Waals surface area (Å²) in [5.74, 6) is 0. The smallest absolute Gasteiger partial charge is 0.0445 e. The molecule has 0 aromatic heterocycles. The fraction of sp³-hybridized carbons (Fsp3) is 0.364. The Hall–Kier alpha value is -0.830. The highest BCUT2D eigenvalue weighted by Crippen LogP contribution is 2.22. The van der Waals surface area contributed by atoms with Crippen LogP contribution in [0.25, 0.3) is 0 Å². The van der Waals surface area contributed by atoms with E-state index in [0.717, 1.165) is 15.7 Å². The van der Waals surface area contributed by atoms with Gasteiger partial charge in [0.25, 0.3) is 0 Å². The number of anilines is 1. The monoisotopic (exact) mass is 254 g/mol. The van der Waals surface area contributed by atoms with Crippen molar-refractivity contribution >= 4 is 27.3 Å². The Morgan fingerprint density at radius 2 is 2.07 bits per heavy atom. The lowest BCUT2D eigenvalue weighted by molar-refractivity contribution is 0.899. The molecule has 14 heavy (non-hydrogen) atoms. The lowest BCUT2D eigenvalue weighted by Gasteiger charge is -2.14. The molecule has 1 rings (SSSR count). The predicted molar refractivity (Wildman–Crippen MR) is 65.4 cm³/mol. The molecule has 2 N–H and O–H groups in total. The summed E-state index contributed by atoms with van der Waals surface area (Å²) in [6.45, 7) is 5.97. The van der Waals surface area contributed by atoms with Crippen LogP contribution in [0.4, 0.5) is 5.69 Å². The Bertz CT molecular complexity index is 345. The third-order valence-electron chi connectivity index (χ3n) is 1.83. The minimum atomic E-state index is 0.377. The highest BCUT2D eigenvalue weighted by molar-refractivity contribution is 9.10. The molecular weight excluding hydrogens is 240 g/mol. The lowest BCUT2D eigenvalue weighted by Crippen LogP contribution is -2.12. The second kappa shape index (κ2) is 4.60. The van der Waals surface area contributed by atoms with Crippen molar-refractivity contribution in [3.05, 3.63) is 28.2 Å². The first-order chi connectivity index (χ1) is 6.50. The van der Waals surface area contributed by atoms with E-state index in [9.17, 15) is 0 Å². The van der Waals surface area contributed by atoms with Crippen LogP contribution in [0, 0.1) is 5.41 Å². The van der Waals surface area contributed by atoms with Gasteiger partial charge in [-0.1, -0.05) is 15.9 Å². The molecule has 1 aromatic rings. The first-order valence-electron chi connectivity index (χ1n) is 4.62. The minimum absolute atomic E-state index is 0.377. The molecule has 2 nitrogen and oxygen atoms in total. The van der Waals surface area contributed by atoms with Gasteiger partial charge in [0.15, 0.2) is 0 Å². The van der Waals surface area contributed by atoms with E-state index in [-0.39, 0.29) is 0 Å². The molecule has 0 heterocycles. The number of benzene rings is 1. The van der Waals surface area contributed by atoms with Gasteiger partial charge in [0.1, 0.15) is 0 Å². The normalized spacial score (nSPS) is 10.4. The molecule has 1 aromatic carbocycles. The van der Waals surface area contributed by atoms with Gasteiger partial charge in [-0.05, 0) is 39.0 Å². The molecule has 0 radical (unpaired) electrons. The molecule has 0 aliphatic heterocycles. The fourth-order valence-electron chi connectivity index (χ4n) is 1.27. The summed E-state index contributed by atoms with van der Waals surface area (Å²) in [5, 5.41) is 11.0. The number of hydrogen-bond donors (Lipinski definition) is 2. The van der Waals surface area contributed by atoms with Crippen LogP contribution in [0.2, 0.25) is 0 Å². The second-order valence-corrected chi connectivity index (χ2v) is 4.53. The molecule has 0 saturated heterocycles. The van der Waals surface area contributed by atoms with E-state index in [1.807, 2.05) is 18.2 Å². The van der Waals surface area contributed by atoms with Gasteiger partial charge in [0.2, 0.25) is 0 Å². The van der Waals surface area contributed by atoms with Crippen molar-refractivity contribution in [2.75, 3.05) is 5.32 Å². The number of nitrogens with one attached hydrogen (secondary N) is 2. The topological polar surface area (TPSA) is 35.9 Å². The van der Waals surface area contributed by atoms with E-state index in [1.54, 1.807) is 6.92 Å². The van der Waals surface area contributed by atoms with Crippen LogP contribution in [0.15, 0.2) is 22.7 Å². The molecule has 0 aliphatic rings. The van der Waals surface area contributed by atoms with E-state index in [4.69, 9.17) is 5.41 Å². The van der Waals surface area contributed by atoms with E-state index >= 15 is 0 Å². The maximum absolute atomic E-state index is 7.64. The number of halogens is 1. The van der Waals surface area contributed by atoms with Crippen molar-refractivity contribution < 1.29 is 0 Å². The molecule has 76 valence electrons. The summed E-state index contributed by atoms with van der Waals surface area (Å²) < 4.78 is 1.03. The predicted octanol–water partition coefficient (Wildman–Crippen LogP) is 3.66. The summed E-state index contributed by atoms with van der Waals surface area (Å²) in [4.78, 5) is 0. The fourth-order valence-corrected chi connectivity index (χ4v) is 1.63. The maximum atomic E-state index is 7.64. The van der Waals surface area contributed by atoms with Gasteiger partial charge in [0.05, 0.1) is 0 Å². The third kappa shape index (κ3) is 2.84. The Kier molecular flexibility index (Phi) is 3.69. The van der Waals surface area contributed by atoms with E-state index in [0.29, 0.717) is 11.8 Å². The summed E-state index contributed by atoms with van der Waals surface area (Å²) in [7, 11) is 0. The molecular formula is C11H15BrN2. The second-order valence-electron chi connectivity index (χ2n) is 3.61. The van der Waals surface area contributed by atoms with E-state index in [2.05, 4.69) is 35.1 Å². The highest BCUT2D eigenvalue weighted by Gasteiger charge is 2.05. The maximum Gasteiger partial charge on any atom is 0.0445 e. The summed E-state index contributed by atoms with van der Waals surface area (Å²) in [6.07, 6.45) is 0. The van der Waals surface area contributed by atoms with Crippen molar-refractivity contribution in [2.24, 2.45) is 0 Å². The summed E-state index contributed by atoms with van der Waals surface area (Å²) in [6, 6.07) is 6.30. The first kappa shape index (κ1) is 11.2. The Balaban J connectivity index is 3.09. The average molecular weight is 255 g/mol. The quantitative estimate of drug-likeness (QED) is 0.794. The molecule has 0 bridgehead atoms. The van der Waals surface area contributed by atoms with Gasteiger partial charge < -0.3 is 10.7 Å². The summed E-state index contributed by atoms with van der Waals surface area (Å²) in [5.41, 5.74) is 2.56. The van der Waals surface area contributed by atoms with Gasteiger partial charge in [-0.25, -0.2) is 0 Å². The average Bonchev–Trinajstić information content (AvgIpc) is 2.01. The molecule has 3 heteroatoms. The Labute approximate surface area is 93.4 Å². The molecule has 0 saturated carbocycles. The molecule has 0 atom stereocenters. The number of rotatable bonds is 3. The minimum Gasteiger partial charge on any atom is -0.382 e. The van der Waals surface area contributed by atoms with Crippen molar-refractivity contribution in [3.63, 3.8) is 0 Å². The van der Waals surface area contributed by atoms with Gasteiger partial charge in [-0.3, -0.25) is 0 Å². The van der Waals surface area contributed by atoms with Crippen LogP contribution in [-0.4, -0.2) is 11.8 Å². The van der Waals surface area contributed by atoms with Gasteiger partial charge >= 0.3 is 0 Å². The van der Waals surface area contributed by atoms with Crippen LogP contribution in [0.3, 0.4) is 0 Å². The zero-order chi connectivity index (χ0) is 10.7. The van der Waals surface area contributed by atoms with Gasteiger partial charge in [-0.15, -0.1) is 0 Å². The van der Waals surface area contributed by atoms with Crippen molar-refractivity contribution in [1.29, 1.82) is 5.41 Å². The molecule has 0 aliphatic carbocycles. The standard InChI is InChI=1S/C11H15BrN2/c1-7(2)14-11-6-9(12)4-5-10(11)8(3)13/h4-7,13-14H,1-3H3. The van der Waals surface area contributed by atoms with Gasteiger partial charge in [0, 0.05) is 27.5 Å². The Morgan fingerprint density at radius 1 is 1.43 bits per heavy atom. The molecule has 0 spiro atoms. The van der Waals surface area contributed by atoms with E-state index < -0.39 is 0 Å². The largest absolute Gasteiger partial charge is 0.382 e. The van der Waals surface area contributed by atoms with Crippen LogP contribution in [-0.2, 0) is 0 Å². The first-order valence-corrected chi connectivity index (χ1v) is 5.41. The van der Waals surface area contributed by atoms with Crippen LogP contribution < -0.4 is 5.32 Å². The SMILES string of the molecule is CC(=N)c1ccc(Br)cc1NC(C)C. The van der Waals surface area contributed by atoms with Crippen molar-refractivity contribution in [2.45, 2.75) is 26.8 Å². The number of hydrogen-bond acceptors (Lipinski definition) is 2. The Morgan fingerprint density at radius 3 is 2.57 bits per heavy atom. The van der Waals surface area contributed by atoms with Crippen molar-refractivity contribution in [1.82, 2.24) is 0 Å². The highest BCUT2D eigenvalue weighted by atomic mass is 79.9. The molecule has 0 fully saturated rings. The van der Waals surface area contributed by atoms with Crippen molar-refractivity contribution in [3.8, 4) is 0 Å². The zero-order valence-electron chi connectivity index (χ0n) is 8.69.